The third kappa shape index (κ3) is 4.67. The predicted molar refractivity (Wildman–Crippen MR) is 89.5 cm³/mol. The Morgan fingerprint density at radius 2 is 2.14 bits per heavy atom. The quantitative estimate of drug-likeness (QED) is 0.901. The van der Waals surface area contributed by atoms with Crippen LogP contribution in [0, 0.1) is 11.8 Å². The second kappa shape index (κ2) is 7.57. The standard InChI is InChI=1S/C17H28ClN3/c1-12(2)7-15-11-21(17(9-20-15)13(3)4)10-14-5-6-19-8-16(14)18/h5-6,8,12-13,15,17,20H,7,9-11H2,1-4H3. The molecule has 4 heteroatoms. The lowest BCUT2D eigenvalue weighted by atomic mass is 9.94. The molecule has 0 aromatic carbocycles. The summed E-state index contributed by atoms with van der Waals surface area (Å²) in [6, 6.07) is 3.19. The second-order valence-corrected chi connectivity index (χ2v) is 7.35. The largest absolute Gasteiger partial charge is 0.311 e. The van der Waals surface area contributed by atoms with Gasteiger partial charge in [-0.25, -0.2) is 0 Å². The number of nitrogens with zero attached hydrogens (tertiary/aromatic N) is 2. The summed E-state index contributed by atoms with van der Waals surface area (Å²) in [5.41, 5.74) is 1.18. The summed E-state index contributed by atoms with van der Waals surface area (Å²) < 4.78 is 0. The van der Waals surface area contributed by atoms with Gasteiger partial charge < -0.3 is 5.32 Å². The molecular formula is C17H28ClN3. The molecule has 1 aromatic rings. The van der Waals surface area contributed by atoms with Gasteiger partial charge in [0, 0.05) is 44.1 Å². The topological polar surface area (TPSA) is 28.2 Å². The van der Waals surface area contributed by atoms with Gasteiger partial charge in [0.2, 0.25) is 0 Å². The number of nitrogens with one attached hydrogen (secondary N) is 1. The first-order valence-corrected chi connectivity index (χ1v) is 8.41. The molecule has 0 amide bonds. The fourth-order valence-electron chi connectivity index (χ4n) is 3.22. The zero-order chi connectivity index (χ0) is 15.4. The molecule has 21 heavy (non-hydrogen) atoms. The fourth-order valence-corrected chi connectivity index (χ4v) is 3.40. The number of rotatable bonds is 5. The first kappa shape index (κ1) is 16.7. The van der Waals surface area contributed by atoms with E-state index in [1.807, 2.05) is 12.3 Å². The van der Waals surface area contributed by atoms with Crippen LogP contribution in [-0.4, -0.2) is 35.1 Å². The molecular weight excluding hydrogens is 282 g/mol. The molecule has 1 aliphatic heterocycles. The molecule has 1 saturated heterocycles. The normalized spacial score (nSPS) is 24.0. The van der Waals surface area contributed by atoms with Crippen LogP contribution >= 0.6 is 11.6 Å². The number of hydrogen-bond donors (Lipinski definition) is 1. The Bertz CT molecular complexity index is 447. The summed E-state index contributed by atoms with van der Waals surface area (Å²) in [6.07, 6.45) is 4.81. The Morgan fingerprint density at radius 3 is 2.76 bits per heavy atom. The van der Waals surface area contributed by atoms with Crippen molar-refractivity contribution >= 4 is 11.6 Å². The lowest BCUT2D eigenvalue weighted by Crippen LogP contribution is -2.58. The van der Waals surface area contributed by atoms with Crippen LogP contribution in [0.25, 0.3) is 0 Å². The van der Waals surface area contributed by atoms with E-state index in [4.69, 9.17) is 11.6 Å². The van der Waals surface area contributed by atoms with E-state index < -0.39 is 0 Å². The maximum Gasteiger partial charge on any atom is 0.0634 e. The molecule has 0 spiro atoms. The first-order valence-electron chi connectivity index (χ1n) is 8.03. The highest BCUT2D eigenvalue weighted by atomic mass is 35.5. The van der Waals surface area contributed by atoms with Crippen LogP contribution in [-0.2, 0) is 6.54 Å². The molecule has 0 bridgehead atoms. The Morgan fingerprint density at radius 1 is 1.38 bits per heavy atom. The van der Waals surface area contributed by atoms with E-state index in [2.05, 4.69) is 42.9 Å². The minimum Gasteiger partial charge on any atom is -0.311 e. The monoisotopic (exact) mass is 309 g/mol. The average Bonchev–Trinajstić information content (AvgIpc) is 2.40. The van der Waals surface area contributed by atoms with Crippen molar-refractivity contribution in [3.63, 3.8) is 0 Å². The number of aromatic nitrogens is 1. The predicted octanol–water partition coefficient (Wildman–Crippen LogP) is 3.58. The van der Waals surface area contributed by atoms with E-state index in [1.54, 1.807) is 6.20 Å². The van der Waals surface area contributed by atoms with E-state index in [9.17, 15) is 0 Å². The lowest BCUT2D eigenvalue weighted by Gasteiger charge is -2.43. The fraction of sp³-hybridized carbons (Fsp3) is 0.706. The van der Waals surface area contributed by atoms with Crippen molar-refractivity contribution < 1.29 is 0 Å². The summed E-state index contributed by atoms with van der Waals surface area (Å²) >= 11 is 6.29. The molecule has 0 aliphatic carbocycles. The van der Waals surface area contributed by atoms with Crippen molar-refractivity contribution in [3.05, 3.63) is 29.0 Å². The first-order chi connectivity index (χ1) is 9.97. The molecule has 1 aliphatic rings. The summed E-state index contributed by atoms with van der Waals surface area (Å²) in [5, 5.41) is 4.50. The molecule has 1 fully saturated rings. The van der Waals surface area contributed by atoms with E-state index in [0.717, 1.165) is 30.6 Å². The van der Waals surface area contributed by atoms with Crippen molar-refractivity contribution in [2.45, 2.75) is 52.7 Å². The molecule has 0 saturated carbocycles. The summed E-state index contributed by atoms with van der Waals surface area (Å²) in [6.45, 7) is 12.3. The van der Waals surface area contributed by atoms with Crippen LogP contribution in [0.2, 0.25) is 5.02 Å². The minimum absolute atomic E-state index is 0.567. The van der Waals surface area contributed by atoms with Crippen LogP contribution < -0.4 is 5.32 Å². The van der Waals surface area contributed by atoms with Crippen molar-refractivity contribution in [1.82, 2.24) is 15.2 Å². The molecule has 118 valence electrons. The van der Waals surface area contributed by atoms with Crippen LogP contribution in [0.4, 0.5) is 0 Å². The molecule has 3 nitrogen and oxygen atoms in total. The zero-order valence-electron chi connectivity index (χ0n) is 13.6. The van der Waals surface area contributed by atoms with Crippen LogP contribution in [0.3, 0.4) is 0 Å². The minimum atomic E-state index is 0.567. The van der Waals surface area contributed by atoms with Gasteiger partial charge in [-0.15, -0.1) is 0 Å². The van der Waals surface area contributed by atoms with E-state index in [-0.39, 0.29) is 0 Å². The number of piperazine rings is 1. The summed E-state index contributed by atoms with van der Waals surface area (Å²) in [7, 11) is 0. The van der Waals surface area contributed by atoms with Gasteiger partial charge in [0.15, 0.2) is 0 Å². The molecule has 2 heterocycles. The van der Waals surface area contributed by atoms with Gasteiger partial charge in [-0.05, 0) is 29.9 Å². The van der Waals surface area contributed by atoms with Crippen LogP contribution in [0.5, 0.6) is 0 Å². The third-order valence-electron chi connectivity index (χ3n) is 4.29. The van der Waals surface area contributed by atoms with E-state index >= 15 is 0 Å². The van der Waals surface area contributed by atoms with Gasteiger partial charge in [-0.2, -0.15) is 0 Å². The van der Waals surface area contributed by atoms with Gasteiger partial charge in [-0.1, -0.05) is 39.3 Å². The van der Waals surface area contributed by atoms with Gasteiger partial charge in [-0.3, -0.25) is 9.88 Å². The van der Waals surface area contributed by atoms with E-state index in [1.165, 1.54) is 12.0 Å². The molecule has 2 unspecified atom stereocenters. The number of hydrogen-bond acceptors (Lipinski definition) is 3. The van der Waals surface area contributed by atoms with Crippen molar-refractivity contribution in [1.29, 1.82) is 0 Å². The lowest BCUT2D eigenvalue weighted by molar-refractivity contribution is 0.0852. The van der Waals surface area contributed by atoms with Crippen molar-refractivity contribution in [2.75, 3.05) is 13.1 Å². The Hall–Kier alpha value is -0.640. The van der Waals surface area contributed by atoms with Gasteiger partial charge in [0.25, 0.3) is 0 Å². The molecule has 2 rings (SSSR count). The van der Waals surface area contributed by atoms with Crippen molar-refractivity contribution in [2.24, 2.45) is 11.8 Å². The maximum absolute atomic E-state index is 6.29. The summed E-state index contributed by atoms with van der Waals surface area (Å²) in [5.74, 6) is 1.36. The van der Waals surface area contributed by atoms with Gasteiger partial charge in [0.1, 0.15) is 0 Å². The van der Waals surface area contributed by atoms with Gasteiger partial charge in [0.05, 0.1) is 5.02 Å². The van der Waals surface area contributed by atoms with Crippen molar-refractivity contribution in [3.8, 4) is 0 Å². The Kier molecular flexibility index (Phi) is 6.03. The molecule has 0 radical (unpaired) electrons. The summed E-state index contributed by atoms with van der Waals surface area (Å²) in [4.78, 5) is 6.68. The SMILES string of the molecule is CC(C)CC1CN(Cc2ccncc2Cl)C(C(C)C)CN1. The number of halogens is 1. The third-order valence-corrected chi connectivity index (χ3v) is 4.64. The van der Waals surface area contributed by atoms with Crippen LogP contribution in [0.15, 0.2) is 18.5 Å². The Balaban J connectivity index is 2.09. The molecule has 2 atom stereocenters. The smallest absolute Gasteiger partial charge is 0.0634 e. The highest BCUT2D eigenvalue weighted by molar-refractivity contribution is 6.31. The maximum atomic E-state index is 6.29. The van der Waals surface area contributed by atoms with Gasteiger partial charge >= 0.3 is 0 Å². The number of pyridine rings is 1. The highest BCUT2D eigenvalue weighted by Gasteiger charge is 2.30. The zero-order valence-corrected chi connectivity index (χ0v) is 14.4. The van der Waals surface area contributed by atoms with E-state index in [0.29, 0.717) is 18.0 Å². The second-order valence-electron chi connectivity index (χ2n) is 6.94. The Labute approximate surface area is 134 Å². The molecule has 1 N–H and O–H groups in total. The average molecular weight is 310 g/mol. The highest BCUT2D eigenvalue weighted by Crippen LogP contribution is 2.23. The van der Waals surface area contributed by atoms with Crippen LogP contribution in [0.1, 0.15) is 39.7 Å². The molecule has 1 aromatic heterocycles.